The van der Waals surface area contributed by atoms with Crippen molar-refractivity contribution in [2.24, 2.45) is 5.73 Å². The van der Waals surface area contributed by atoms with E-state index in [0.717, 1.165) is 6.42 Å². The van der Waals surface area contributed by atoms with E-state index in [2.05, 4.69) is 0 Å². The Morgan fingerprint density at radius 2 is 2.56 bits per heavy atom. The quantitative estimate of drug-likeness (QED) is 0.508. The largest absolute Gasteiger partial charge is 0.461 e. The van der Waals surface area contributed by atoms with Gasteiger partial charge in [-0.15, -0.1) is 0 Å². The summed E-state index contributed by atoms with van der Waals surface area (Å²) in [6.45, 7) is 1.98. The lowest BCUT2D eigenvalue weighted by molar-refractivity contribution is -0.142. The van der Waals surface area contributed by atoms with Crippen LogP contribution in [-0.2, 0) is 9.53 Å². The van der Waals surface area contributed by atoms with Crippen molar-refractivity contribution in [3.8, 4) is 0 Å². The van der Waals surface area contributed by atoms with Crippen molar-refractivity contribution < 1.29 is 9.53 Å². The number of carbonyl (C=O) groups excluding carboxylic acids is 1. The Kier molecular flexibility index (Phi) is 1.71. The molecule has 0 amide bonds. The Labute approximate surface area is 54.2 Å². The van der Waals surface area contributed by atoms with E-state index in [1.54, 1.807) is 0 Å². The SMILES string of the molecule is CC[C@H]1C[C@@H](N)C(=O)O1. The van der Waals surface area contributed by atoms with Crippen LogP contribution in [0.25, 0.3) is 0 Å². The van der Waals surface area contributed by atoms with Gasteiger partial charge in [0.05, 0.1) is 0 Å². The second-order valence-corrected chi connectivity index (χ2v) is 2.31. The number of nitrogens with two attached hydrogens (primary N) is 1. The average molecular weight is 129 g/mol. The third-order valence-electron chi connectivity index (χ3n) is 1.56. The van der Waals surface area contributed by atoms with Crippen LogP contribution in [0, 0.1) is 0 Å². The number of hydrogen-bond donors (Lipinski definition) is 1. The molecule has 0 radical (unpaired) electrons. The Morgan fingerprint density at radius 1 is 1.89 bits per heavy atom. The standard InChI is InChI=1S/C6H11NO2/c1-2-4-3-5(7)6(8)9-4/h4-5H,2-3,7H2,1H3/t4-,5+/m0/s1. The molecule has 3 heteroatoms. The molecular formula is C6H11NO2. The summed E-state index contributed by atoms with van der Waals surface area (Å²) < 4.78 is 4.86. The van der Waals surface area contributed by atoms with Crippen LogP contribution in [0.5, 0.6) is 0 Å². The van der Waals surface area contributed by atoms with Crippen molar-refractivity contribution in [2.45, 2.75) is 31.9 Å². The molecule has 0 aliphatic carbocycles. The highest BCUT2D eigenvalue weighted by Crippen LogP contribution is 2.14. The molecule has 0 aromatic heterocycles. The van der Waals surface area contributed by atoms with Gasteiger partial charge in [-0.1, -0.05) is 6.92 Å². The van der Waals surface area contributed by atoms with Crippen molar-refractivity contribution in [2.75, 3.05) is 0 Å². The molecular weight excluding hydrogens is 118 g/mol. The number of esters is 1. The minimum absolute atomic E-state index is 0.0764. The third kappa shape index (κ3) is 1.21. The maximum Gasteiger partial charge on any atom is 0.323 e. The number of hydrogen-bond acceptors (Lipinski definition) is 3. The van der Waals surface area contributed by atoms with E-state index < -0.39 is 0 Å². The van der Waals surface area contributed by atoms with Crippen LogP contribution in [0.1, 0.15) is 19.8 Å². The summed E-state index contributed by atoms with van der Waals surface area (Å²) in [6, 6.07) is -0.366. The zero-order chi connectivity index (χ0) is 6.85. The molecule has 0 aromatic rings. The van der Waals surface area contributed by atoms with Gasteiger partial charge in [0, 0.05) is 6.42 Å². The minimum atomic E-state index is -0.366. The number of ether oxygens (including phenoxy) is 1. The molecule has 1 aliphatic heterocycles. The van der Waals surface area contributed by atoms with E-state index in [9.17, 15) is 4.79 Å². The van der Waals surface area contributed by atoms with Crippen LogP contribution in [0.15, 0.2) is 0 Å². The lowest BCUT2D eigenvalue weighted by atomic mass is 10.1. The topological polar surface area (TPSA) is 52.3 Å². The summed E-state index contributed by atoms with van der Waals surface area (Å²) in [5, 5.41) is 0. The molecule has 52 valence electrons. The molecule has 1 rings (SSSR count). The van der Waals surface area contributed by atoms with Gasteiger partial charge < -0.3 is 10.5 Å². The second-order valence-electron chi connectivity index (χ2n) is 2.31. The van der Waals surface area contributed by atoms with Gasteiger partial charge in [0.1, 0.15) is 12.1 Å². The summed E-state index contributed by atoms with van der Waals surface area (Å²) in [6.07, 6.45) is 1.64. The predicted molar refractivity (Wildman–Crippen MR) is 32.8 cm³/mol. The molecule has 3 nitrogen and oxygen atoms in total. The van der Waals surface area contributed by atoms with Crippen LogP contribution in [-0.4, -0.2) is 18.1 Å². The van der Waals surface area contributed by atoms with E-state index in [4.69, 9.17) is 10.5 Å². The van der Waals surface area contributed by atoms with Gasteiger partial charge in [0.15, 0.2) is 0 Å². The Balaban J connectivity index is 2.44. The molecule has 2 N–H and O–H groups in total. The van der Waals surface area contributed by atoms with Crippen molar-refractivity contribution >= 4 is 5.97 Å². The molecule has 0 aromatic carbocycles. The highest BCUT2D eigenvalue weighted by Gasteiger charge is 2.29. The second kappa shape index (κ2) is 2.35. The molecule has 0 bridgehead atoms. The van der Waals surface area contributed by atoms with E-state index in [1.165, 1.54) is 0 Å². The van der Waals surface area contributed by atoms with Crippen LogP contribution in [0.4, 0.5) is 0 Å². The zero-order valence-corrected chi connectivity index (χ0v) is 5.46. The van der Waals surface area contributed by atoms with Gasteiger partial charge in [-0.25, -0.2) is 0 Å². The molecule has 0 spiro atoms. The van der Waals surface area contributed by atoms with Crippen LogP contribution >= 0.6 is 0 Å². The lowest BCUT2D eigenvalue weighted by Crippen LogP contribution is -2.24. The van der Waals surface area contributed by atoms with E-state index in [0.29, 0.717) is 6.42 Å². The van der Waals surface area contributed by atoms with Crippen LogP contribution < -0.4 is 5.73 Å². The molecule has 1 saturated heterocycles. The fraction of sp³-hybridized carbons (Fsp3) is 0.833. The van der Waals surface area contributed by atoms with Crippen LogP contribution in [0.3, 0.4) is 0 Å². The maximum atomic E-state index is 10.6. The Hall–Kier alpha value is -0.570. The molecule has 1 heterocycles. The zero-order valence-electron chi connectivity index (χ0n) is 5.46. The normalized spacial score (nSPS) is 34.7. The van der Waals surface area contributed by atoms with E-state index in [-0.39, 0.29) is 18.1 Å². The first kappa shape index (κ1) is 6.55. The maximum absolute atomic E-state index is 10.6. The smallest absolute Gasteiger partial charge is 0.323 e. The van der Waals surface area contributed by atoms with Gasteiger partial charge in [-0.2, -0.15) is 0 Å². The van der Waals surface area contributed by atoms with Gasteiger partial charge in [0.2, 0.25) is 0 Å². The lowest BCUT2D eigenvalue weighted by Gasteiger charge is -2.01. The van der Waals surface area contributed by atoms with Crippen molar-refractivity contribution in [3.05, 3.63) is 0 Å². The summed E-state index contributed by atoms with van der Waals surface area (Å²) in [5.74, 6) is -0.248. The highest BCUT2D eigenvalue weighted by atomic mass is 16.6. The molecule has 1 fully saturated rings. The first-order chi connectivity index (χ1) is 4.24. The molecule has 2 atom stereocenters. The average Bonchev–Trinajstić information content (AvgIpc) is 2.13. The summed E-state index contributed by atoms with van der Waals surface area (Å²) in [7, 11) is 0. The third-order valence-corrected chi connectivity index (χ3v) is 1.56. The number of cyclic esters (lactones) is 1. The van der Waals surface area contributed by atoms with Crippen molar-refractivity contribution in [1.29, 1.82) is 0 Å². The molecule has 1 aliphatic rings. The molecule has 0 saturated carbocycles. The summed E-state index contributed by atoms with van der Waals surface area (Å²) >= 11 is 0. The Bertz CT molecular complexity index is 124. The first-order valence-electron chi connectivity index (χ1n) is 3.20. The predicted octanol–water partition coefficient (Wildman–Crippen LogP) is 0.0392. The van der Waals surface area contributed by atoms with E-state index in [1.807, 2.05) is 6.92 Å². The fourth-order valence-electron chi connectivity index (χ4n) is 0.929. The van der Waals surface area contributed by atoms with Gasteiger partial charge in [0.25, 0.3) is 0 Å². The van der Waals surface area contributed by atoms with Gasteiger partial charge in [-0.05, 0) is 6.42 Å². The first-order valence-corrected chi connectivity index (χ1v) is 3.20. The molecule has 9 heavy (non-hydrogen) atoms. The Morgan fingerprint density at radius 3 is 2.78 bits per heavy atom. The number of rotatable bonds is 1. The highest BCUT2D eigenvalue weighted by molar-refractivity contribution is 5.77. The summed E-state index contributed by atoms with van der Waals surface area (Å²) in [4.78, 5) is 10.6. The van der Waals surface area contributed by atoms with Gasteiger partial charge >= 0.3 is 5.97 Å². The monoisotopic (exact) mass is 129 g/mol. The van der Waals surface area contributed by atoms with Crippen LogP contribution in [0.2, 0.25) is 0 Å². The van der Waals surface area contributed by atoms with Crippen molar-refractivity contribution in [1.82, 2.24) is 0 Å². The van der Waals surface area contributed by atoms with E-state index >= 15 is 0 Å². The van der Waals surface area contributed by atoms with Crippen molar-refractivity contribution in [3.63, 3.8) is 0 Å². The summed E-state index contributed by atoms with van der Waals surface area (Å²) in [5.41, 5.74) is 5.37. The van der Waals surface area contributed by atoms with Gasteiger partial charge in [-0.3, -0.25) is 4.79 Å². The number of carbonyl (C=O) groups is 1. The minimum Gasteiger partial charge on any atom is -0.461 e. The fourth-order valence-corrected chi connectivity index (χ4v) is 0.929. The molecule has 0 unspecified atom stereocenters.